The maximum atomic E-state index is 10.8. The van der Waals surface area contributed by atoms with Crippen LogP contribution < -0.4 is 10.6 Å². The second-order valence-corrected chi connectivity index (χ2v) is 12.2. The van der Waals surface area contributed by atoms with Crippen LogP contribution in [0.4, 0.5) is 11.6 Å². The van der Waals surface area contributed by atoms with Crippen LogP contribution in [0.1, 0.15) is 0 Å². The van der Waals surface area contributed by atoms with Gasteiger partial charge in [0.05, 0.1) is 16.5 Å². The van der Waals surface area contributed by atoms with Crippen LogP contribution in [0.2, 0.25) is 15.6 Å². The Morgan fingerprint density at radius 1 is 1.14 bits per heavy atom. The molecule has 0 bridgehead atoms. The molecule has 1 aromatic carbocycles. The molecule has 0 aliphatic carbocycles. The quantitative estimate of drug-likeness (QED) is 0.526. The van der Waals surface area contributed by atoms with Crippen LogP contribution in [0.15, 0.2) is 24.3 Å². The van der Waals surface area contributed by atoms with Crippen molar-refractivity contribution in [2.24, 2.45) is 0 Å². The van der Waals surface area contributed by atoms with E-state index in [0.29, 0.717) is 10.7 Å². The zero-order valence-corrected chi connectivity index (χ0v) is 19.8. The Bertz CT molecular complexity index is 821. The molecule has 0 unspecified atom stereocenters. The van der Waals surface area contributed by atoms with Gasteiger partial charge in [0.1, 0.15) is 0 Å². The summed E-state index contributed by atoms with van der Waals surface area (Å²) >= 11 is 23.5. The third-order valence-electron chi connectivity index (χ3n) is 2.78. The Morgan fingerprint density at radius 2 is 1.71 bits per heavy atom. The van der Waals surface area contributed by atoms with Crippen molar-refractivity contribution in [2.45, 2.75) is 0 Å². The fraction of sp³-hybridized carbons (Fsp3) is 0.286. The van der Waals surface area contributed by atoms with E-state index in [-0.39, 0.29) is 28.2 Å². The van der Waals surface area contributed by atoms with Gasteiger partial charge in [0.15, 0.2) is 0 Å². The van der Waals surface area contributed by atoms with Crippen LogP contribution in [0.25, 0.3) is 0 Å². The van der Waals surface area contributed by atoms with E-state index >= 15 is 0 Å². The van der Waals surface area contributed by atoms with Gasteiger partial charge in [0, 0.05) is 21.3 Å². The second kappa shape index (κ2) is 12.8. The van der Waals surface area contributed by atoms with Crippen LogP contribution >= 0.6 is 51.9 Å². The minimum absolute atomic E-state index is 0.0227. The third kappa shape index (κ3) is 9.19. The number of rotatable bonds is 7. The molecule has 2 N–H and O–H groups in total. The number of nitrogens with one attached hydrogen (secondary N) is 2. The summed E-state index contributed by atoms with van der Waals surface area (Å²) in [7, 11) is 4.55. The molecule has 14 heteroatoms. The number of carbonyl (C=O) groups is 1. The fourth-order valence-electron chi connectivity index (χ4n) is 1.45. The normalized spacial score (nSPS) is 10.6. The number of hydrogen-bond acceptors (Lipinski definition) is 9. The highest BCUT2D eigenvalue weighted by atomic mass is 35.5. The molecule has 0 spiro atoms. The van der Waals surface area contributed by atoms with E-state index in [4.69, 9.17) is 55.7 Å². The largest absolute Gasteiger partial charge is 0.358 e. The Labute approximate surface area is 187 Å². The Hall–Kier alpha value is -0.710. The lowest BCUT2D eigenvalue weighted by molar-refractivity contribution is -0.118. The van der Waals surface area contributed by atoms with E-state index in [0.717, 1.165) is 0 Å². The molecule has 0 aliphatic heterocycles. The third-order valence-corrected chi connectivity index (χ3v) is 9.12. The standard InChI is InChI=1S/C9H5Cl3N4.C5H12NO3PS2/c10-5-3-1-2-4-6(5)13-9-15-7(11)14-8(12)16-9;1-6-5(7)4-12-10(11,8-2)9-3/h1-4H,(H,13,14,15,16);4H2,1-3H3,(H,6,7). The minimum atomic E-state index is -2.26. The monoisotopic (exact) mass is 503 g/mol. The molecule has 1 heterocycles. The number of aromatic nitrogens is 3. The van der Waals surface area contributed by atoms with Gasteiger partial charge in [-0.3, -0.25) is 4.79 Å². The lowest BCUT2D eigenvalue weighted by Gasteiger charge is -2.15. The van der Waals surface area contributed by atoms with Crippen molar-refractivity contribution in [1.29, 1.82) is 0 Å². The van der Waals surface area contributed by atoms with Crippen LogP contribution in [-0.2, 0) is 25.6 Å². The van der Waals surface area contributed by atoms with Crippen molar-refractivity contribution in [1.82, 2.24) is 20.3 Å². The van der Waals surface area contributed by atoms with Crippen molar-refractivity contribution in [3.8, 4) is 0 Å². The summed E-state index contributed by atoms with van der Waals surface area (Å²) in [5.41, 5.74) is -1.59. The van der Waals surface area contributed by atoms with Crippen molar-refractivity contribution < 1.29 is 13.8 Å². The van der Waals surface area contributed by atoms with E-state index in [1.165, 1.54) is 25.6 Å². The average molecular weight is 505 g/mol. The number of carbonyl (C=O) groups excluding carboxylic acids is 1. The molecule has 0 atom stereocenters. The average Bonchev–Trinajstić information content (AvgIpc) is 2.67. The van der Waals surface area contributed by atoms with E-state index in [1.54, 1.807) is 19.2 Å². The first-order valence-electron chi connectivity index (χ1n) is 7.38. The summed E-state index contributed by atoms with van der Waals surface area (Å²) < 4.78 is 9.94. The molecule has 0 fully saturated rings. The zero-order chi connectivity index (χ0) is 21.2. The molecule has 1 aromatic heterocycles. The summed E-state index contributed by atoms with van der Waals surface area (Å²) in [4.78, 5) is 22.2. The summed E-state index contributed by atoms with van der Waals surface area (Å²) in [6, 6.07) is 7.18. The molecule has 154 valence electrons. The molecule has 2 aromatic rings. The van der Waals surface area contributed by atoms with Crippen molar-refractivity contribution >= 4 is 81.2 Å². The molecule has 1 amide bonds. The van der Waals surface area contributed by atoms with E-state index in [9.17, 15) is 4.79 Å². The zero-order valence-electron chi connectivity index (χ0n) is 15.0. The SMILES string of the molecule is CNC(=O)CSP(=S)(OC)OC.Clc1nc(Cl)nc(Nc2ccccc2Cl)n1. The van der Waals surface area contributed by atoms with Gasteiger partial charge < -0.3 is 19.7 Å². The predicted molar refractivity (Wildman–Crippen MR) is 119 cm³/mol. The number of amides is 1. The molecule has 0 aliphatic rings. The smallest absolute Gasteiger partial charge is 0.247 e. The first kappa shape index (κ1) is 25.3. The lowest BCUT2D eigenvalue weighted by Crippen LogP contribution is -2.19. The van der Waals surface area contributed by atoms with Gasteiger partial charge >= 0.3 is 0 Å². The lowest BCUT2D eigenvalue weighted by atomic mass is 10.3. The first-order valence-corrected chi connectivity index (χ1v) is 12.7. The van der Waals surface area contributed by atoms with Crippen LogP contribution in [0, 0.1) is 0 Å². The molecule has 8 nitrogen and oxygen atoms in total. The van der Waals surface area contributed by atoms with Gasteiger partial charge in [-0.2, -0.15) is 15.0 Å². The highest BCUT2D eigenvalue weighted by molar-refractivity contribution is 8.68. The molecule has 28 heavy (non-hydrogen) atoms. The summed E-state index contributed by atoms with van der Waals surface area (Å²) in [6.45, 7) is 0. The number of halogens is 3. The summed E-state index contributed by atoms with van der Waals surface area (Å²) in [5.74, 6) is 0.441. The van der Waals surface area contributed by atoms with Gasteiger partial charge in [0.2, 0.25) is 28.1 Å². The topological polar surface area (TPSA) is 98.3 Å². The maximum Gasteiger partial charge on any atom is 0.247 e. The van der Waals surface area contributed by atoms with E-state index in [2.05, 4.69) is 25.6 Å². The number of hydrogen-bond donors (Lipinski definition) is 2. The highest BCUT2D eigenvalue weighted by Gasteiger charge is 2.17. The molecular formula is C14H17Cl3N5O3PS2. The molecule has 2 rings (SSSR count). The van der Waals surface area contributed by atoms with Gasteiger partial charge in [-0.25, -0.2) is 0 Å². The Kier molecular flexibility index (Phi) is 11.5. The maximum absolute atomic E-state index is 10.8. The summed E-state index contributed by atoms with van der Waals surface area (Å²) in [5, 5.41) is 5.97. The van der Waals surface area contributed by atoms with Gasteiger partial charge in [-0.15, -0.1) is 0 Å². The molecular weight excluding hydrogens is 488 g/mol. The Balaban J connectivity index is 0.000000295. The van der Waals surface area contributed by atoms with Crippen LogP contribution in [0.5, 0.6) is 0 Å². The van der Waals surface area contributed by atoms with Crippen molar-refractivity contribution in [2.75, 3.05) is 32.3 Å². The van der Waals surface area contributed by atoms with Gasteiger partial charge in [-0.05, 0) is 47.1 Å². The number of anilines is 2. The number of para-hydroxylation sites is 1. The number of nitrogens with zero attached hydrogens (tertiary/aromatic N) is 3. The highest BCUT2D eigenvalue weighted by Crippen LogP contribution is 2.59. The van der Waals surface area contributed by atoms with Gasteiger partial charge in [0.25, 0.3) is 0 Å². The van der Waals surface area contributed by atoms with E-state index < -0.39 is 5.69 Å². The fourth-order valence-corrected chi connectivity index (χ4v) is 4.71. The van der Waals surface area contributed by atoms with E-state index in [1.807, 2.05) is 12.1 Å². The predicted octanol–water partition coefficient (Wildman–Crippen LogP) is 4.56. The summed E-state index contributed by atoms with van der Waals surface area (Å²) in [6.07, 6.45) is 0. The van der Waals surface area contributed by atoms with Gasteiger partial charge in [-0.1, -0.05) is 35.1 Å². The van der Waals surface area contributed by atoms with Crippen LogP contribution in [0.3, 0.4) is 0 Å². The first-order chi connectivity index (χ1) is 13.2. The Morgan fingerprint density at radius 3 is 2.21 bits per heavy atom. The molecule has 0 saturated carbocycles. The van der Waals surface area contributed by atoms with Crippen molar-refractivity contribution in [3.63, 3.8) is 0 Å². The van der Waals surface area contributed by atoms with Crippen LogP contribution in [-0.4, -0.2) is 47.9 Å². The molecule has 0 radical (unpaired) electrons. The van der Waals surface area contributed by atoms with Crippen molar-refractivity contribution in [3.05, 3.63) is 39.9 Å². The molecule has 0 saturated heterocycles. The minimum Gasteiger partial charge on any atom is -0.358 e. The second-order valence-electron chi connectivity index (χ2n) is 4.56. The number of benzene rings is 1.